The first-order valence-corrected chi connectivity index (χ1v) is 12.6. The fourth-order valence-electron chi connectivity index (χ4n) is 4.41. The Morgan fingerprint density at radius 2 is 1.73 bits per heavy atom. The van der Waals surface area contributed by atoms with Crippen molar-refractivity contribution in [1.29, 1.82) is 0 Å². The SMILES string of the molecule is Cc1ccc(NC(=O)c2ccc(CN3CCN(C)CC3)cc2)cc1Nc1cc(-c2cccnc2)ccn1. The van der Waals surface area contributed by atoms with E-state index in [-0.39, 0.29) is 5.91 Å². The second-order valence-corrected chi connectivity index (χ2v) is 9.56. The van der Waals surface area contributed by atoms with Gasteiger partial charge in [-0.25, -0.2) is 4.98 Å². The highest BCUT2D eigenvalue weighted by molar-refractivity contribution is 6.04. The molecule has 0 aliphatic carbocycles. The monoisotopic (exact) mass is 492 g/mol. The van der Waals surface area contributed by atoms with E-state index in [9.17, 15) is 4.79 Å². The van der Waals surface area contributed by atoms with E-state index in [1.165, 1.54) is 5.56 Å². The number of anilines is 3. The molecule has 7 nitrogen and oxygen atoms in total. The van der Waals surface area contributed by atoms with Crippen molar-refractivity contribution < 1.29 is 4.79 Å². The number of hydrogen-bond acceptors (Lipinski definition) is 6. The summed E-state index contributed by atoms with van der Waals surface area (Å²) in [7, 11) is 2.16. The highest BCUT2D eigenvalue weighted by atomic mass is 16.1. The first-order chi connectivity index (χ1) is 18.0. The maximum atomic E-state index is 12.9. The lowest BCUT2D eigenvalue weighted by Gasteiger charge is -2.32. The van der Waals surface area contributed by atoms with Crippen LogP contribution in [-0.2, 0) is 6.54 Å². The van der Waals surface area contributed by atoms with E-state index >= 15 is 0 Å². The lowest BCUT2D eigenvalue weighted by molar-refractivity contribution is 0.102. The van der Waals surface area contributed by atoms with Gasteiger partial charge in [0.1, 0.15) is 5.82 Å². The number of nitrogens with zero attached hydrogens (tertiary/aromatic N) is 4. The van der Waals surface area contributed by atoms with Crippen LogP contribution < -0.4 is 10.6 Å². The second-order valence-electron chi connectivity index (χ2n) is 9.56. The number of nitrogens with one attached hydrogen (secondary N) is 2. The predicted molar refractivity (Wildman–Crippen MR) is 149 cm³/mol. The molecule has 2 aromatic heterocycles. The molecule has 1 fully saturated rings. The molecule has 1 amide bonds. The summed E-state index contributed by atoms with van der Waals surface area (Å²) in [6.07, 6.45) is 5.37. The van der Waals surface area contributed by atoms with Gasteiger partial charge in [0.15, 0.2) is 0 Å². The van der Waals surface area contributed by atoms with E-state index in [1.807, 2.05) is 67.7 Å². The van der Waals surface area contributed by atoms with Crippen LogP contribution in [0.3, 0.4) is 0 Å². The number of rotatable bonds is 7. The van der Waals surface area contributed by atoms with E-state index in [0.717, 1.165) is 66.6 Å². The molecular formula is C30H32N6O. The first-order valence-electron chi connectivity index (χ1n) is 12.6. The summed E-state index contributed by atoms with van der Waals surface area (Å²) < 4.78 is 0. The Bertz CT molecular complexity index is 1350. The van der Waals surface area contributed by atoms with Gasteiger partial charge < -0.3 is 15.5 Å². The molecule has 37 heavy (non-hydrogen) atoms. The number of benzene rings is 2. The van der Waals surface area contributed by atoms with Crippen LogP contribution in [0.4, 0.5) is 17.2 Å². The van der Waals surface area contributed by atoms with Crippen molar-refractivity contribution >= 4 is 23.1 Å². The van der Waals surface area contributed by atoms with E-state index in [4.69, 9.17) is 0 Å². The Balaban J connectivity index is 1.24. The molecule has 1 saturated heterocycles. The van der Waals surface area contributed by atoms with Gasteiger partial charge in [-0.1, -0.05) is 24.3 Å². The number of hydrogen-bond donors (Lipinski definition) is 2. The molecule has 0 atom stereocenters. The zero-order valence-electron chi connectivity index (χ0n) is 21.3. The Morgan fingerprint density at radius 1 is 0.919 bits per heavy atom. The molecule has 2 aromatic carbocycles. The molecule has 5 rings (SSSR count). The third kappa shape index (κ3) is 6.39. The first kappa shape index (κ1) is 24.6. The van der Waals surface area contributed by atoms with Crippen LogP contribution in [0.5, 0.6) is 0 Å². The van der Waals surface area contributed by atoms with Crippen molar-refractivity contribution in [2.45, 2.75) is 13.5 Å². The fraction of sp³-hybridized carbons (Fsp3) is 0.233. The number of likely N-dealkylation sites (N-methyl/N-ethyl adjacent to an activating group) is 1. The van der Waals surface area contributed by atoms with Crippen LogP contribution in [0.15, 0.2) is 85.3 Å². The fourth-order valence-corrected chi connectivity index (χ4v) is 4.41. The summed E-state index contributed by atoms with van der Waals surface area (Å²) in [6.45, 7) is 7.29. The van der Waals surface area contributed by atoms with Crippen molar-refractivity contribution in [3.05, 3.63) is 102 Å². The van der Waals surface area contributed by atoms with E-state index in [1.54, 1.807) is 12.4 Å². The van der Waals surface area contributed by atoms with Crippen molar-refractivity contribution in [2.24, 2.45) is 0 Å². The summed E-state index contributed by atoms with van der Waals surface area (Å²) in [4.78, 5) is 26.4. The number of carbonyl (C=O) groups is 1. The topological polar surface area (TPSA) is 73.4 Å². The number of aryl methyl sites for hydroxylation is 1. The van der Waals surface area contributed by atoms with Gasteiger partial charge in [0.25, 0.3) is 5.91 Å². The zero-order chi connectivity index (χ0) is 25.6. The third-order valence-corrected chi connectivity index (χ3v) is 6.73. The van der Waals surface area contributed by atoms with Gasteiger partial charge >= 0.3 is 0 Å². The molecule has 0 unspecified atom stereocenters. The van der Waals surface area contributed by atoms with Crippen molar-refractivity contribution in [3.8, 4) is 11.1 Å². The summed E-state index contributed by atoms with van der Waals surface area (Å²) >= 11 is 0. The number of piperazine rings is 1. The van der Waals surface area contributed by atoms with Crippen LogP contribution in [0, 0.1) is 6.92 Å². The van der Waals surface area contributed by atoms with Crippen molar-refractivity contribution in [2.75, 3.05) is 43.9 Å². The second kappa shape index (κ2) is 11.3. The quantitative estimate of drug-likeness (QED) is 0.370. The molecule has 2 N–H and O–H groups in total. The average molecular weight is 493 g/mol. The molecule has 1 aliphatic rings. The number of carbonyl (C=O) groups excluding carboxylic acids is 1. The van der Waals surface area contributed by atoms with Crippen LogP contribution in [-0.4, -0.2) is 58.9 Å². The lowest BCUT2D eigenvalue weighted by atomic mass is 10.1. The van der Waals surface area contributed by atoms with Crippen molar-refractivity contribution in [1.82, 2.24) is 19.8 Å². The molecule has 7 heteroatoms. The van der Waals surface area contributed by atoms with Crippen molar-refractivity contribution in [3.63, 3.8) is 0 Å². The van der Waals surface area contributed by atoms with Gasteiger partial charge in [-0.2, -0.15) is 0 Å². The van der Waals surface area contributed by atoms with Crippen LogP contribution in [0.2, 0.25) is 0 Å². The molecule has 0 saturated carbocycles. The van der Waals surface area contributed by atoms with E-state index in [0.29, 0.717) is 5.56 Å². The summed E-state index contributed by atoms with van der Waals surface area (Å²) in [5, 5.41) is 6.43. The maximum Gasteiger partial charge on any atom is 0.255 e. The molecular weight excluding hydrogens is 460 g/mol. The minimum atomic E-state index is -0.127. The third-order valence-electron chi connectivity index (χ3n) is 6.73. The van der Waals surface area contributed by atoms with Gasteiger partial charge in [-0.05, 0) is 73.1 Å². The van der Waals surface area contributed by atoms with Crippen LogP contribution in [0.1, 0.15) is 21.5 Å². The molecule has 1 aliphatic heterocycles. The summed E-state index contributed by atoms with van der Waals surface area (Å²) in [6, 6.07) is 21.6. The Kier molecular flexibility index (Phi) is 7.54. The van der Waals surface area contributed by atoms with Gasteiger partial charge in [-0.3, -0.25) is 14.7 Å². The summed E-state index contributed by atoms with van der Waals surface area (Å²) in [5.74, 6) is 0.599. The molecule has 3 heterocycles. The zero-order valence-corrected chi connectivity index (χ0v) is 21.3. The molecule has 0 radical (unpaired) electrons. The van der Waals surface area contributed by atoms with Crippen LogP contribution in [0.25, 0.3) is 11.1 Å². The molecule has 4 aromatic rings. The summed E-state index contributed by atoms with van der Waals surface area (Å²) in [5.41, 5.74) is 6.59. The standard InChI is InChI=1S/C30H32N6O/c1-22-5-10-27(19-28(22)34-29-18-25(11-13-32-29)26-4-3-12-31-20-26)33-30(37)24-8-6-23(7-9-24)21-36-16-14-35(2)15-17-36/h3-13,18-20H,14-17,21H2,1-2H3,(H,32,34)(H,33,37). The van der Waals surface area contributed by atoms with E-state index in [2.05, 4.69) is 49.6 Å². The van der Waals surface area contributed by atoms with Gasteiger partial charge in [0, 0.05) is 73.8 Å². The number of pyridine rings is 2. The average Bonchev–Trinajstić information content (AvgIpc) is 2.93. The smallest absolute Gasteiger partial charge is 0.255 e. The number of aromatic nitrogens is 2. The number of amides is 1. The van der Waals surface area contributed by atoms with Gasteiger partial charge in [0.2, 0.25) is 0 Å². The Labute approximate surface area is 218 Å². The Hall–Kier alpha value is -4.07. The molecule has 0 spiro atoms. The minimum absolute atomic E-state index is 0.127. The largest absolute Gasteiger partial charge is 0.340 e. The van der Waals surface area contributed by atoms with Gasteiger partial charge in [0.05, 0.1) is 0 Å². The minimum Gasteiger partial charge on any atom is -0.340 e. The Morgan fingerprint density at radius 3 is 2.49 bits per heavy atom. The highest BCUT2D eigenvalue weighted by Crippen LogP contribution is 2.26. The highest BCUT2D eigenvalue weighted by Gasteiger charge is 2.14. The molecule has 188 valence electrons. The van der Waals surface area contributed by atoms with Crippen LogP contribution >= 0.6 is 0 Å². The predicted octanol–water partition coefficient (Wildman–Crippen LogP) is 5.20. The maximum absolute atomic E-state index is 12.9. The van der Waals surface area contributed by atoms with Gasteiger partial charge in [-0.15, -0.1) is 0 Å². The normalized spacial score (nSPS) is 14.3. The lowest BCUT2D eigenvalue weighted by Crippen LogP contribution is -2.43. The molecule has 0 bridgehead atoms. The van der Waals surface area contributed by atoms with E-state index < -0.39 is 0 Å².